The molecule has 0 fully saturated rings. The van der Waals surface area contributed by atoms with Crippen molar-refractivity contribution in [3.8, 4) is 0 Å². The van der Waals surface area contributed by atoms with Gasteiger partial charge in [-0.2, -0.15) is 0 Å². The van der Waals surface area contributed by atoms with Gasteiger partial charge in [-0.1, -0.05) is 92.7 Å². The summed E-state index contributed by atoms with van der Waals surface area (Å²) in [5, 5.41) is 2.97. The Hall–Kier alpha value is -3.65. The fourth-order valence-electron chi connectivity index (χ4n) is 3.96. The van der Waals surface area contributed by atoms with Crippen molar-refractivity contribution in [1.82, 2.24) is 10.2 Å². The number of nitrogens with one attached hydrogen (secondary N) is 1. The van der Waals surface area contributed by atoms with Gasteiger partial charge in [-0.05, 0) is 29.2 Å². The molecule has 0 aliphatic heterocycles. The van der Waals surface area contributed by atoms with Gasteiger partial charge in [-0.3, -0.25) is 13.9 Å². The maximum atomic E-state index is 13.9. The molecule has 1 N–H and O–H groups in total. The van der Waals surface area contributed by atoms with Crippen molar-refractivity contribution in [3.63, 3.8) is 0 Å². The van der Waals surface area contributed by atoms with Crippen LogP contribution in [-0.4, -0.2) is 50.5 Å². The molecule has 0 heterocycles. The van der Waals surface area contributed by atoms with E-state index >= 15 is 0 Å². The molecule has 2 amide bonds. The summed E-state index contributed by atoms with van der Waals surface area (Å²) in [6.07, 6.45) is 1.37. The molecule has 0 aliphatic carbocycles. The molecule has 3 aromatic rings. The third kappa shape index (κ3) is 8.46. The first-order chi connectivity index (χ1) is 17.6. The molecule has 8 heteroatoms. The van der Waals surface area contributed by atoms with E-state index in [1.807, 2.05) is 74.5 Å². The van der Waals surface area contributed by atoms with Crippen molar-refractivity contribution < 1.29 is 18.0 Å². The number of benzene rings is 3. The Morgan fingerprint density at radius 2 is 1.32 bits per heavy atom. The first-order valence-corrected chi connectivity index (χ1v) is 14.2. The standard InChI is InChI=1S/C29H35N3O4S/c1-23(2)20-30-29(34)27(19-24-13-7-4-8-14-24)31(21-25-15-9-5-10-16-25)28(33)22-32(37(3,35)36)26-17-11-6-12-18-26/h4-18,23,27H,19-22H2,1-3H3,(H,30,34). The Balaban J connectivity index is 2.00. The minimum Gasteiger partial charge on any atom is -0.354 e. The molecular formula is C29H35N3O4S. The minimum atomic E-state index is -3.76. The van der Waals surface area contributed by atoms with Gasteiger partial charge in [0.25, 0.3) is 0 Å². The summed E-state index contributed by atoms with van der Waals surface area (Å²) in [5.74, 6) is -0.496. The predicted molar refractivity (Wildman–Crippen MR) is 147 cm³/mol. The number of hydrogen-bond acceptors (Lipinski definition) is 4. The topological polar surface area (TPSA) is 86.8 Å². The molecule has 0 aliphatic rings. The van der Waals surface area contributed by atoms with E-state index in [0.29, 0.717) is 18.7 Å². The smallest absolute Gasteiger partial charge is 0.244 e. The van der Waals surface area contributed by atoms with Crippen LogP contribution in [0, 0.1) is 5.92 Å². The first kappa shape index (κ1) is 27.9. The van der Waals surface area contributed by atoms with Gasteiger partial charge in [0.2, 0.25) is 21.8 Å². The molecule has 0 aromatic heterocycles. The highest BCUT2D eigenvalue weighted by molar-refractivity contribution is 7.92. The number of hydrogen-bond donors (Lipinski definition) is 1. The second kappa shape index (κ2) is 13.1. The molecule has 3 rings (SSSR count). The van der Waals surface area contributed by atoms with Gasteiger partial charge in [0.15, 0.2) is 0 Å². The number of nitrogens with zero attached hydrogens (tertiary/aromatic N) is 2. The number of anilines is 1. The lowest BCUT2D eigenvalue weighted by Gasteiger charge is -2.33. The van der Waals surface area contributed by atoms with E-state index < -0.39 is 28.5 Å². The Bertz CT molecular complexity index is 1250. The van der Waals surface area contributed by atoms with E-state index in [1.165, 1.54) is 4.90 Å². The molecule has 196 valence electrons. The van der Waals surface area contributed by atoms with Crippen molar-refractivity contribution in [3.05, 3.63) is 102 Å². The van der Waals surface area contributed by atoms with Crippen LogP contribution in [0.2, 0.25) is 0 Å². The van der Waals surface area contributed by atoms with Crippen LogP contribution in [-0.2, 0) is 32.6 Å². The maximum Gasteiger partial charge on any atom is 0.244 e. The summed E-state index contributed by atoms with van der Waals surface area (Å²) in [7, 11) is -3.76. The number of carbonyl (C=O) groups is 2. The van der Waals surface area contributed by atoms with Gasteiger partial charge in [-0.25, -0.2) is 8.42 Å². The fraction of sp³-hybridized carbons (Fsp3) is 0.310. The molecule has 0 radical (unpaired) electrons. The van der Waals surface area contributed by atoms with Crippen molar-refractivity contribution in [2.24, 2.45) is 5.92 Å². The summed E-state index contributed by atoms with van der Waals surface area (Å²) >= 11 is 0. The number of sulfonamides is 1. The molecule has 0 saturated heterocycles. The van der Waals surface area contributed by atoms with Crippen LogP contribution in [0.4, 0.5) is 5.69 Å². The van der Waals surface area contributed by atoms with Crippen LogP contribution < -0.4 is 9.62 Å². The highest BCUT2D eigenvalue weighted by Crippen LogP contribution is 2.20. The lowest BCUT2D eigenvalue weighted by atomic mass is 10.0. The van der Waals surface area contributed by atoms with Crippen LogP contribution in [0.1, 0.15) is 25.0 Å². The molecule has 1 unspecified atom stereocenters. The molecule has 7 nitrogen and oxygen atoms in total. The zero-order chi connectivity index (χ0) is 26.8. The number of rotatable bonds is 12. The summed E-state index contributed by atoms with van der Waals surface area (Å²) < 4.78 is 26.5. The Kier molecular flexibility index (Phi) is 9.85. The molecular weight excluding hydrogens is 486 g/mol. The molecule has 0 spiro atoms. The maximum absolute atomic E-state index is 13.9. The average molecular weight is 522 g/mol. The third-order valence-electron chi connectivity index (χ3n) is 5.87. The van der Waals surface area contributed by atoms with E-state index in [9.17, 15) is 18.0 Å². The zero-order valence-corrected chi connectivity index (χ0v) is 22.4. The van der Waals surface area contributed by atoms with Gasteiger partial charge in [-0.15, -0.1) is 0 Å². The largest absolute Gasteiger partial charge is 0.354 e. The first-order valence-electron chi connectivity index (χ1n) is 12.3. The van der Waals surface area contributed by atoms with Crippen molar-refractivity contribution in [2.45, 2.75) is 32.9 Å². The average Bonchev–Trinajstić information content (AvgIpc) is 2.88. The van der Waals surface area contributed by atoms with Gasteiger partial charge >= 0.3 is 0 Å². The van der Waals surface area contributed by atoms with Crippen LogP contribution in [0.3, 0.4) is 0 Å². The van der Waals surface area contributed by atoms with Crippen molar-refractivity contribution in [2.75, 3.05) is 23.7 Å². The molecule has 1 atom stereocenters. The quantitative estimate of drug-likeness (QED) is 0.392. The van der Waals surface area contributed by atoms with E-state index in [1.54, 1.807) is 30.3 Å². The molecule has 0 bridgehead atoms. The molecule has 3 aromatic carbocycles. The Labute approximate surface area is 220 Å². The number of amides is 2. The van der Waals surface area contributed by atoms with E-state index in [2.05, 4.69) is 5.32 Å². The Morgan fingerprint density at radius 3 is 1.84 bits per heavy atom. The predicted octanol–water partition coefficient (Wildman–Crippen LogP) is 3.86. The van der Waals surface area contributed by atoms with Crippen molar-refractivity contribution in [1.29, 1.82) is 0 Å². The lowest BCUT2D eigenvalue weighted by Crippen LogP contribution is -2.53. The van der Waals surface area contributed by atoms with Crippen molar-refractivity contribution >= 4 is 27.5 Å². The Morgan fingerprint density at radius 1 is 0.811 bits per heavy atom. The number of carbonyl (C=O) groups excluding carboxylic acids is 2. The minimum absolute atomic E-state index is 0.165. The van der Waals surface area contributed by atoms with Crippen LogP contribution >= 0.6 is 0 Å². The lowest BCUT2D eigenvalue weighted by molar-refractivity contribution is -0.140. The van der Waals surface area contributed by atoms with Crippen LogP contribution in [0.15, 0.2) is 91.0 Å². The van der Waals surface area contributed by atoms with Crippen LogP contribution in [0.5, 0.6) is 0 Å². The zero-order valence-electron chi connectivity index (χ0n) is 21.6. The van der Waals surface area contributed by atoms with E-state index in [4.69, 9.17) is 0 Å². The summed E-state index contributed by atoms with van der Waals surface area (Å²) in [6.45, 7) is 4.22. The molecule has 0 saturated carbocycles. The third-order valence-corrected chi connectivity index (χ3v) is 7.02. The fourth-order valence-corrected chi connectivity index (χ4v) is 4.81. The highest BCUT2D eigenvalue weighted by Gasteiger charge is 2.33. The van der Waals surface area contributed by atoms with Gasteiger partial charge in [0.1, 0.15) is 12.6 Å². The van der Waals surface area contributed by atoms with Gasteiger partial charge in [0, 0.05) is 19.5 Å². The number of para-hydroxylation sites is 1. The SMILES string of the molecule is CC(C)CNC(=O)C(Cc1ccccc1)N(Cc1ccccc1)C(=O)CN(c1ccccc1)S(C)(=O)=O. The summed E-state index contributed by atoms with van der Waals surface area (Å²) in [6, 6.07) is 26.6. The normalized spacial score (nSPS) is 12.1. The second-order valence-electron chi connectivity index (χ2n) is 9.46. The van der Waals surface area contributed by atoms with Gasteiger partial charge in [0.05, 0.1) is 11.9 Å². The highest BCUT2D eigenvalue weighted by atomic mass is 32.2. The second-order valence-corrected chi connectivity index (χ2v) is 11.4. The molecule has 37 heavy (non-hydrogen) atoms. The van der Waals surface area contributed by atoms with E-state index in [0.717, 1.165) is 21.7 Å². The summed E-state index contributed by atoms with van der Waals surface area (Å²) in [5.41, 5.74) is 2.14. The van der Waals surface area contributed by atoms with Crippen LogP contribution in [0.25, 0.3) is 0 Å². The van der Waals surface area contributed by atoms with E-state index in [-0.39, 0.29) is 18.4 Å². The summed E-state index contributed by atoms with van der Waals surface area (Å²) in [4.78, 5) is 28.9. The van der Waals surface area contributed by atoms with Gasteiger partial charge < -0.3 is 10.2 Å². The monoisotopic (exact) mass is 521 g/mol.